The number of anilines is 2. The van der Waals surface area contributed by atoms with E-state index in [2.05, 4.69) is 51.0 Å². The Morgan fingerprint density at radius 1 is 1.12 bits per heavy atom. The summed E-state index contributed by atoms with van der Waals surface area (Å²) in [7, 11) is 4.14. The fourth-order valence-electron chi connectivity index (χ4n) is 3.73. The topological polar surface area (TPSA) is 46.0 Å². The SMILES string of the molecule is CN(c1ccc(SNc2cccc3cnn(C)c23)cn1)C1CCCCC1. The van der Waals surface area contributed by atoms with Crippen LogP contribution in [0.4, 0.5) is 11.5 Å². The van der Waals surface area contributed by atoms with Gasteiger partial charge in [0.25, 0.3) is 0 Å². The van der Waals surface area contributed by atoms with Gasteiger partial charge in [-0.2, -0.15) is 5.10 Å². The van der Waals surface area contributed by atoms with E-state index in [1.54, 1.807) is 11.9 Å². The maximum absolute atomic E-state index is 4.68. The summed E-state index contributed by atoms with van der Waals surface area (Å²) in [6.45, 7) is 0. The van der Waals surface area contributed by atoms with Crippen molar-refractivity contribution in [1.29, 1.82) is 0 Å². The van der Waals surface area contributed by atoms with E-state index >= 15 is 0 Å². The molecule has 26 heavy (non-hydrogen) atoms. The van der Waals surface area contributed by atoms with Crippen molar-refractivity contribution in [2.45, 2.75) is 43.0 Å². The van der Waals surface area contributed by atoms with Crippen LogP contribution in [0.5, 0.6) is 0 Å². The lowest BCUT2D eigenvalue weighted by atomic mass is 9.94. The lowest BCUT2D eigenvalue weighted by Gasteiger charge is -2.32. The van der Waals surface area contributed by atoms with Gasteiger partial charge in [0.2, 0.25) is 0 Å². The minimum Gasteiger partial charge on any atom is -0.357 e. The molecule has 1 aromatic carbocycles. The highest BCUT2D eigenvalue weighted by molar-refractivity contribution is 8.00. The minimum absolute atomic E-state index is 0.635. The number of para-hydroxylation sites is 1. The molecule has 0 spiro atoms. The van der Waals surface area contributed by atoms with Crippen molar-refractivity contribution in [1.82, 2.24) is 14.8 Å². The Kier molecular flexibility index (Phi) is 5.02. The molecular weight excluding hydrogens is 342 g/mol. The molecule has 0 unspecified atom stereocenters. The molecule has 2 aromatic heterocycles. The molecule has 2 heterocycles. The molecular formula is C20H25N5S. The molecule has 0 bridgehead atoms. The summed E-state index contributed by atoms with van der Waals surface area (Å²) in [5, 5.41) is 5.48. The van der Waals surface area contributed by atoms with Crippen LogP contribution in [0.15, 0.2) is 47.6 Å². The maximum atomic E-state index is 4.68. The van der Waals surface area contributed by atoms with E-state index in [4.69, 9.17) is 0 Å². The van der Waals surface area contributed by atoms with Gasteiger partial charge in [-0.3, -0.25) is 4.68 Å². The second-order valence-electron chi connectivity index (χ2n) is 6.97. The zero-order valence-corrected chi connectivity index (χ0v) is 16.2. The van der Waals surface area contributed by atoms with Gasteiger partial charge in [0.05, 0.1) is 17.4 Å². The average Bonchev–Trinajstić information content (AvgIpc) is 3.08. The van der Waals surface area contributed by atoms with E-state index < -0.39 is 0 Å². The van der Waals surface area contributed by atoms with Crippen molar-refractivity contribution in [3.63, 3.8) is 0 Å². The van der Waals surface area contributed by atoms with Crippen LogP contribution in [-0.2, 0) is 7.05 Å². The fraction of sp³-hybridized carbons (Fsp3) is 0.400. The van der Waals surface area contributed by atoms with Crippen LogP contribution >= 0.6 is 11.9 Å². The van der Waals surface area contributed by atoms with Gasteiger partial charge < -0.3 is 9.62 Å². The first-order chi connectivity index (χ1) is 12.7. The highest BCUT2D eigenvalue weighted by Crippen LogP contribution is 2.29. The Morgan fingerprint density at radius 3 is 2.73 bits per heavy atom. The lowest BCUT2D eigenvalue weighted by Crippen LogP contribution is -2.33. The third kappa shape index (κ3) is 3.51. The summed E-state index contributed by atoms with van der Waals surface area (Å²) in [4.78, 5) is 8.13. The number of aromatic nitrogens is 3. The lowest BCUT2D eigenvalue weighted by molar-refractivity contribution is 0.426. The zero-order valence-electron chi connectivity index (χ0n) is 15.4. The molecule has 1 saturated carbocycles. The molecule has 1 aliphatic carbocycles. The number of nitrogens with one attached hydrogen (secondary N) is 1. The van der Waals surface area contributed by atoms with Crippen LogP contribution in [0.2, 0.25) is 0 Å². The average molecular weight is 368 g/mol. The van der Waals surface area contributed by atoms with Gasteiger partial charge in [0.1, 0.15) is 5.82 Å². The van der Waals surface area contributed by atoms with Gasteiger partial charge >= 0.3 is 0 Å². The third-order valence-electron chi connectivity index (χ3n) is 5.24. The molecule has 1 fully saturated rings. The zero-order chi connectivity index (χ0) is 17.9. The van der Waals surface area contributed by atoms with Crippen LogP contribution in [0.1, 0.15) is 32.1 Å². The van der Waals surface area contributed by atoms with Crippen molar-refractivity contribution in [3.05, 3.63) is 42.7 Å². The number of hydrogen-bond donors (Lipinski definition) is 1. The Balaban J connectivity index is 1.43. The molecule has 0 radical (unpaired) electrons. The largest absolute Gasteiger partial charge is 0.357 e. The smallest absolute Gasteiger partial charge is 0.128 e. The van der Waals surface area contributed by atoms with Crippen LogP contribution in [-0.4, -0.2) is 27.9 Å². The van der Waals surface area contributed by atoms with E-state index in [9.17, 15) is 0 Å². The standard InChI is InChI=1S/C20H25N5S/c1-24(16-8-4-3-5-9-16)19-12-11-17(14-21-19)26-23-18-10-6-7-15-13-22-25(2)20(15)18/h6-7,10-14,16,23H,3-5,8-9H2,1-2H3. The summed E-state index contributed by atoms with van der Waals surface area (Å²) < 4.78 is 5.35. The van der Waals surface area contributed by atoms with Crippen molar-refractivity contribution in [3.8, 4) is 0 Å². The predicted molar refractivity (Wildman–Crippen MR) is 110 cm³/mol. The van der Waals surface area contributed by atoms with Crippen LogP contribution in [0, 0.1) is 0 Å². The molecule has 5 nitrogen and oxygen atoms in total. The normalized spacial score (nSPS) is 15.3. The van der Waals surface area contributed by atoms with Gasteiger partial charge in [-0.15, -0.1) is 0 Å². The summed E-state index contributed by atoms with van der Waals surface area (Å²) in [5.74, 6) is 1.06. The van der Waals surface area contributed by atoms with Crippen LogP contribution in [0.25, 0.3) is 10.9 Å². The molecule has 1 N–H and O–H groups in total. The predicted octanol–water partition coefficient (Wildman–Crippen LogP) is 4.86. The number of rotatable bonds is 5. The first kappa shape index (κ1) is 17.2. The van der Waals surface area contributed by atoms with Crippen LogP contribution < -0.4 is 9.62 Å². The first-order valence-corrected chi connectivity index (χ1v) is 10.1. The summed E-state index contributed by atoms with van der Waals surface area (Å²) in [5.41, 5.74) is 2.18. The quantitative estimate of drug-likeness (QED) is 0.653. The molecule has 136 valence electrons. The highest BCUT2D eigenvalue weighted by atomic mass is 32.2. The second-order valence-corrected chi connectivity index (χ2v) is 7.85. The third-order valence-corrected chi connectivity index (χ3v) is 6.04. The molecule has 6 heteroatoms. The van der Waals surface area contributed by atoms with Gasteiger partial charge in [-0.05, 0) is 43.0 Å². The molecule has 3 aromatic rings. The Morgan fingerprint density at radius 2 is 1.96 bits per heavy atom. The number of pyridine rings is 1. The van der Waals surface area contributed by atoms with Crippen LogP contribution in [0.3, 0.4) is 0 Å². The number of fused-ring (bicyclic) bond motifs is 1. The Hall–Kier alpha value is -2.21. The van der Waals surface area contributed by atoms with Gasteiger partial charge in [0.15, 0.2) is 0 Å². The van der Waals surface area contributed by atoms with Gasteiger partial charge in [-0.1, -0.05) is 31.4 Å². The molecule has 0 atom stereocenters. The van der Waals surface area contributed by atoms with Gasteiger partial charge in [0, 0.05) is 36.6 Å². The van der Waals surface area contributed by atoms with Crippen molar-refractivity contribution in [2.24, 2.45) is 7.05 Å². The first-order valence-electron chi connectivity index (χ1n) is 9.25. The molecule has 0 amide bonds. The Bertz CT molecular complexity index is 868. The van der Waals surface area contributed by atoms with Crippen molar-refractivity contribution >= 4 is 34.4 Å². The molecule has 1 aliphatic rings. The van der Waals surface area contributed by atoms with E-state index in [0.717, 1.165) is 27.3 Å². The summed E-state index contributed by atoms with van der Waals surface area (Å²) in [6, 6.07) is 11.1. The number of benzene rings is 1. The number of hydrogen-bond acceptors (Lipinski definition) is 5. The van der Waals surface area contributed by atoms with Crippen molar-refractivity contribution in [2.75, 3.05) is 16.7 Å². The van der Waals surface area contributed by atoms with E-state index in [1.165, 1.54) is 32.1 Å². The second kappa shape index (κ2) is 7.58. The highest BCUT2D eigenvalue weighted by Gasteiger charge is 2.19. The molecule has 0 aliphatic heterocycles. The molecule has 4 rings (SSSR count). The number of nitrogens with zero attached hydrogens (tertiary/aromatic N) is 4. The maximum Gasteiger partial charge on any atom is 0.128 e. The minimum atomic E-state index is 0.635. The van der Waals surface area contributed by atoms with Gasteiger partial charge in [-0.25, -0.2) is 4.98 Å². The van der Waals surface area contributed by atoms with Crippen molar-refractivity contribution < 1.29 is 0 Å². The molecule has 0 saturated heterocycles. The Labute approximate surface area is 158 Å². The van der Waals surface area contributed by atoms with E-state index in [-0.39, 0.29) is 0 Å². The monoisotopic (exact) mass is 367 g/mol. The summed E-state index contributed by atoms with van der Waals surface area (Å²) >= 11 is 1.58. The summed E-state index contributed by atoms with van der Waals surface area (Å²) in [6.07, 6.45) is 10.5. The number of aryl methyl sites for hydroxylation is 1. The van der Waals surface area contributed by atoms with E-state index in [1.807, 2.05) is 30.2 Å². The van der Waals surface area contributed by atoms with E-state index in [0.29, 0.717) is 6.04 Å². The fourth-order valence-corrected chi connectivity index (χ4v) is 4.36.